The summed E-state index contributed by atoms with van der Waals surface area (Å²) in [5, 5.41) is 12.3. The predicted octanol–water partition coefficient (Wildman–Crippen LogP) is 7.97. The normalized spacial score (nSPS) is 13.2. The summed E-state index contributed by atoms with van der Waals surface area (Å²) >= 11 is 1.56. The number of carbonyl (C=O) groups is 1. The van der Waals surface area contributed by atoms with Gasteiger partial charge in [0.2, 0.25) is 0 Å². The molecule has 2 aromatic heterocycles. The number of hydrogen-bond acceptors (Lipinski definition) is 8. The SMILES string of the molecule is CC(C)(C)OC(=O)N1CCc2cc(-c3nnc(-c4ccc(F)cc4OCCOCC/N=C/c4ccccc4)c4sccc34)ccc2C1. The topological polar surface area (TPSA) is 86.1 Å². The number of hydrogen-bond donors (Lipinski definition) is 0. The average molecular weight is 653 g/mol. The quantitative estimate of drug-likeness (QED) is 0.112. The Morgan fingerprint density at radius 3 is 2.64 bits per heavy atom. The van der Waals surface area contributed by atoms with Crippen LogP contribution in [0.3, 0.4) is 0 Å². The van der Waals surface area contributed by atoms with Crippen molar-refractivity contribution in [1.29, 1.82) is 0 Å². The molecule has 1 aliphatic rings. The van der Waals surface area contributed by atoms with Crippen molar-refractivity contribution in [2.24, 2.45) is 4.99 Å². The largest absolute Gasteiger partial charge is 0.490 e. The van der Waals surface area contributed by atoms with Gasteiger partial charge in [0, 0.05) is 41.9 Å². The molecule has 0 saturated heterocycles. The minimum atomic E-state index is -0.536. The minimum absolute atomic E-state index is 0.248. The van der Waals surface area contributed by atoms with Crippen molar-refractivity contribution in [3.63, 3.8) is 0 Å². The smallest absolute Gasteiger partial charge is 0.410 e. The Morgan fingerprint density at radius 2 is 1.81 bits per heavy atom. The molecule has 8 nitrogen and oxygen atoms in total. The molecule has 0 spiro atoms. The molecule has 242 valence electrons. The Balaban J connectivity index is 1.14. The van der Waals surface area contributed by atoms with Gasteiger partial charge in [-0.2, -0.15) is 0 Å². The van der Waals surface area contributed by atoms with Crippen molar-refractivity contribution >= 4 is 33.7 Å². The van der Waals surface area contributed by atoms with Crippen LogP contribution < -0.4 is 4.74 Å². The number of benzene rings is 3. The lowest BCUT2D eigenvalue weighted by Crippen LogP contribution is -2.39. The van der Waals surface area contributed by atoms with E-state index in [0.717, 1.165) is 38.9 Å². The summed E-state index contributed by atoms with van der Waals surface area (Å²) < 4.78 is 32.5. The summed E-state index contributed by atoms with van der Waals surface area (Å²) in [6.45, 7) is 8.29. The van der Waals surface area contributed by atoms with Crippen LogP contribution in [0.15, 0.2) is 83.2 Å². The highest BCUT2D eigenvalue weighted by molar-refractivity contribution is 7.17. The number of aromatic nitrogens is 2. The lowest BCUT2D eigenvalue weighted by Gasteiger charge is -2.31. The van der Waals surface area contributed by atoms with Crippen LogP contribution >= 0.6 is 11.3 Å². The number of fused-ring (bicyclic) bond motifs is 2. The third kappa shape index (κ3) is 8.01. The van der Waals surface area contributed by atoms with Crippen LogP contribution in [0, 0.1) is 5.82 Å². The standard InChI is InChI=1S/C37H37FN4O4S/c1-37(2,3)46-36(43)42-16-13-26-21-27(9-10-28(26)24-42)33-31-14-20-47-35(31)34(41-40-33)30-12-11-29(38)22-32(30)45-19-18-44-17-15-39-23-25-7-5-4-6-8-25/h4-12,14,20-23H,13,15-19,24H2,1-3H3/b39-23+. The van der Waals surface area contributed by atoms with Crippen LogP contribution in [-0.2, 0) is 22.4 Å². The predicted molar refractivity (Wildman–Crippen MR) is 184 cm³/mol. The monoisotopic (exact) mass is 652 g/mol. The molecule has 0 N–H and O–H groups in total. The van der Waals surface area contributed by atoms with Gasteiger partial charge in [-0.15, -0.1) is 21.5 Å². The van der Waals surface area contributed by atoms with Crippen LogP contribution in [0.5, 0.6) is 5.75 Å². The number of ether oxygens (including phenoxy) is 3. The molecule has 0 unspecified atom stereocenters. The third-order valence-corrected chi connectivity index (χ3v) is 8.54. The lowest BCUT2D eigenvalue weighted by molar-refractivity contribution is 0.0224. The summed E-state index contributed by atoms with van der Waals surface area (Å²) in [5.41, 5.74) is 5.81. The van der Waals surface area contributed by atoms with E-state index < -0.39 is 11.4 Å². The van der Waals surface area contributed by atoms with E-state index in [2.05, 4.69) is 27.3 Å². The number of aliphatic imine (C=N–C) groups is 1. The van der Waals surface area contributed by atoms with Gasteiger partial charge in [-0.1, -0.05) is 42.5 Å². The third-order valence-electron chi connectivity index (χ3n) is 7.62. The molecular formula is C37H37FN4O4S. The Kier molecular flexibility index (Phi) is 9.89. The van der Waals surface area contributed by atoms with Gasteiger partial charge in [0.05, 0.1) is 24.5 Å². The van der Waals surface area contributed by atoms with Crippen LogP contribution in [0.2, 0.25) is 0 Å². The first-order valence-electron chi connectivity index (χ1n) is 15.6. The highest BCUT2D eigenvalue weighted by Crippen LogP contribution is 2.40. The molecule has 10 heteroatoms. The zero-order chi connectivity index (χ0) is 32.8. The number of halogens is 1. The van der Waals surface area contributed by atoms with Gasteiger partial charge in [-0.3, -0.25) is 4.99 Å². The van der Waals surface area contributed by atoms with Crippen molar-refractivity contribution in [2.75, 3.05) is 32.9 Å². The van der Waals surface area contributed by atoms with Crippen LogP contribution in [0.25, 0.3) is 32.6 Å². The van der Waals surface area contributed by atoms with Crippen molar-refractivity contribution in [3.8, 4) is 28.3 Å². The van der Waals surface area contributed by atoms with E-state index in [9.17, 15) is 9.18 Å². The lowest BCUT2D eigenvalue weighted by atomic mass is 9.95. The Hall–Kier alpha value is -4.67. The summed E-state index contributed by atoms with van der Waals surface area (Å²) in [4.78, 5) is 18.8. The van der Waals surface area contributed by atoms with Gasteiger partial charge in [-0.25, -0.2) is 9.18 Å². The van der Waals surface area contributed by atoms with Gasteiger partial charge in [0.25, 0.3) is 0 Å². The molecule has 0 saturated carbocycles. The molecule has 1 aliphatic heterocycles. The molecule has 6 rings (SSSR count). The van der Waals surface area contributed by atoms with Crippen molar-refractivity contribution in [2.45, 2.75) is 39.3 Å². The van der Waals surface area contributed by atoms with E-state index in [4.69, 9.17) is 14.2 Å². The molecular weight excluding hydrogens is 615 g/mol. The minimum Gasteiger partial charge on any atom is -0.490 e. The second kappa shape index (κ2) is 14.4. The summed E-state index contributed by atoms with van der Waals surface area (Å²) in [5.74, 6) is -0.0121. The van der Waals surface area contributed by atoms with Gasteiger partial charge in [0.15, 0.2) is 0 Å². The van der Waals surface area contributed by atoms with Crippen LogP contribution in [0.1, 0.15) is 37.5 Å². The fourth-order valence-corrected chi connectivity index (χ4v) is 6.29. The Morgan fingerprint density at radius 1 is 0.979 bits per heavy atom. The van der Waals surface area contributed by atoms with Crippen molar-refractivity contribution < 1.29 is 23.4 Å². The fraction of sp³-hybridized carbons (Fsp3) is 0.297. The van der Waals surface area contributed by atoms with E-state index in [-0.39, 0.29) is 12.7 Å². The summed E-state index contributed by atoms with van der Waals surface area (Å²) in [6.07, 6.45) is 2.25. The highest BCUT2D eigenvalue weighted by Gasteiger charge is 2.26. The van der Waals surface area contributed by atoms with E-state index in [1.807, 2.05) is 74.8 Å². The maximum atomic E-state index is 14.3. The number of amides is 1. The zero-order valence-electron chi connectivity index (χ0n) is 26.7. The maximum absolute atomic E-state index is 14.3. The number of thiophene rings is 1. The maximum Gasteiger partial charge on any atom is 0.410 e. The zero-order valence-corrected chi connectivity index (χ0v) is 27.6. The molecule has 3 heterocycles. The molecule has 47 heavy (non-hydrogen) atoms. The Labute approximate surface area is 277 Å². The number of carbonyl (C=O) groups excluding carboxylic acids is 1. The average Bonchev–Trinajstić information content (AvgIpc) is 3.55. The first-order chi connectivity index (χ1) is 22.7. The highest BCUT2D eigenvalue weighted by atomic mass is 32.1. The van der Waals surface area contributed by atoms with Crippen molar-refractivity contribution in [1.82, 2.24) is 15.1 Å². The molecule has 0 fully saturated rings. The number of rotatable bonds is 10. The van der Waals surface area contributed by atoms with Crippen LogP contribution in [-0.4, -0.2) is 65.9 Å². The molecule has 0 aliphatic carbocycles. The molecule has 0 atom stereocenters. The number of nitrogens with zero attached hydrogens (tertiary/aromatic N) is 4. The van der Waals surface area contributed by atoms with Crippen molar-refractivity contribution in [3.05, 3.63) is 101 Å². The molecule has 5 aromatic rings. The van der Waals surface area contributed by atoms with Gasteiger partial charge >= 0.3 is 6.09 Å². The first-order valence-corrected chi connectivity index (χ1v) is 16.5. The van der Waals surface area contributed by atoms with Gasteiger partial charge in [-0.05, 0) is 73.5 Å². The Bertz CT molecular complexity index is 1890. The van der Waals surface area contributed by atoms with Gasteiger partial charge < -0.3 is 19.1 Å². The van der Waals surface area contributed by atoms with E-state index in [0.29, 0.717) is 49.9 Å². The van der Waals surface area contributed by atoms with E-state index in [1.54, 1.807) is 22.3 Å². The first kappa shape index (κ1) is 32.3. The van der Waals surface area contributed by atoms with Crippen LogP contribution in [0.4, 0.5) is 9.18 Å². The fourth-order valence-electron chi connectivity index (χ4n) is 5.40. The summed E-state index contributed by atoms with van der Waals surface area (Å²) in [7, 11) is 0. The molecule has 1 amide bonds. The second-order valence-corrected chi connectivity index (χ2v) is 13.2. The molecule has 3 aromatic carbocycles. The second-order valence-electron chi connectivity index (χ2n) is 12.2. The van der Waals surface area contributed by atoms with E-state index >= 15 is 0 Å². The molecule has 0 radical (unpaired) electrons. The van der Waals surface area contributed by atoms with E-state index in [1.165, 1.54) is 17.7 Å². The molecule has 0 bridgehead atoms. The summed E-state index contributed by atoms with van der Waals surface area (Å²) in [6, 6.07) is 22.6. The van der Waals surface area contributed by atoms with Gasteiger partial charge in [0.1, 0.15) is 35.2 Å².